The lowest BCUT2D eigenvalue weighted by Crippen LogP contribution is -2.54. The molecule has 1 aliphatic heterocycles. The molecular weight excluding hydrogens is 278 g/mol. The maximum Gasteiger partial charge on any atom is 0.239 e. The molecular formula is C14H20ClN3O2. The second-order valence-electron chi connectivity index (χ2n) is 5.21. The first kappa shape index (κ1) is 15.2. The number of carbonyl (C=O) groups excluding carboxylic acids is 1. The molecule has 0 spiro atoms. The minimum absolute atomic E-state index is 0.0138. The molecule has 1 unspecified atom stereocenters. The van der Waals surface area contributed by atoms with Gasteiger partial charge in [0.15, 0.2) is 0 Å². The summed E-state index contributed by atoms with van der Waals surface area (Å²) in [4.78, 5) is 18.3. The number of ether oxygens (including phenoxy) is 1. The SMILES string of the molecule is CC(C)NC(=O)C1COCCN1Cc1ccnc(Cl)c1. The van der Waals surface area contributed by atoms with Gasteiger partial charge < -0.3 is 10.1 Å². The molecule has 5 nitrogen and oxygen atoms in total. The van der Waals surface area contributed by atoms with E-state index >= 15 is 0 Å². The Morgan fingerprint density at radius 3 is 3.15 bits per heavy atom. The van der Waals surface area contributed by atoms with Crippen LogP contribution in [0.25, 0.3) is 0 Å². The van der Waals surface area contributed by atoms with Gasteiger partial charge in [-0.05, 0) is 31.5 Å². The third kappa shape index (κ3) is 4.16. The zero-order valence-corrected chi connectivity index (χ0v) is 12.6. The number of rotatable bonds is 4. The van der Waals surface area contributed by atoms with Crippen molar-refractivity contribution in [3.05, 3.63) is 29.0 Å². The van der Waals surface area contributed by atoms with Gasteiger partial charge in [-0.2, -0.15) is 0 Å². The molecule has 1 N–H and O–H groups in total. The molecule has 0 aromatic carbocycles. The maximum atomic E-state index is 12.2. The van der Waals surface area contributed by atoms with Crippen LogP contribution in [0.5, 0.6) is 0 Å². The summed E-state index contributed by atoms with van der Waals surface area (Å²) in [6.45, 7) is 6.38. The van der Waals surface area contributed by atoms with E-state index in [9.17, 15) is 4.79 Å². The molecule has 2 rings (SSSR count). The summed E-state index contributed by atoms with van der Waals surface area (Å²) in [6.07, 6.45) is 1.68. The minimum Gasteiger partial charge on any atom is -0.378 e. The largest absolute Gasteiger partial charge is 0.378 e. The fourth-order valence-electron chi connectivity index (χ4n) is 2.22. The smallest absolute Gasteiger partial charge is 0.239 e. The van der Waals surface area contributed by atoms with E-state index in [0.29, 0.717) is 24.9 Å². The Bertz CT molecular complexity index is 467. The lowest BCUT2D eigenvalue weighted by Gasteiger charge is -2.34. The van der Waals surface area contributed by atoms with Crippen molar-refractivity contribution < 1.29 is 9.53 Å². The highest BCUT2D eigenvalue weighted by Crippen LogP contribution is 2.14. The van der Waals surface area contributed by atoms with E-state index in [1.54, 1.807) is 6.20 Å². The van der Waals surface area contributed by atoms with Gasteiger partial charge in [-0.1, -0.05) is 11.6 Å². The number of morpholine rings is 1. The van der Waals surface area contributed by atoms with Crippen molar-refractivity contribution in [2.45, 2.75) is 32.5 Å². The predicted molar refractivity (Wildman–Crippen MR) is 77.5 cm³/mol. The quantitative estimate of drug-likeness (QED) is 0.855. The molecule has 1 atom stereocenters. The minimum atomic E-state index is -0.252. The first-order valence-electron chi connectivity index (χ1n) is 6.79. The topological polar surface area (TPSA) is 54.5 Å². The van der Waals surface area contributed by atoms with E-state index in [1.807, 2.05) is 26.0 Å². The van der Waals surface area contributed by atoms with Crippen LogP contribution in [-0.4, -0.2) is 47.6 Å². The van der Waals surface area contributed by atoms with Crippen LogP contribution >= 0.6 is 11.6 Å². The number of amides is 1. The highest BCUT2D eigenvalue weighted by atomic mass is 35.5. The number of hydrogen-bond donors (Lipinski definition) is 1. The molecule has 20 heavy (non-hydrogen) atoms. The number of nitrogens with one attached hydrogen (secondary N) is 1. The monoisotopic (exact) mass is 297 g/mol. The fraction of sp³-hybridized carbons (Fsp3) is 0.571. The van der Waals surface area contributed by atoms with Crippen LogP contribution in [-0.2, 0) is 16.1 Å². The van der Waals surface area contributed by atoms with Crippen LogP contribution in [0.1, 0.15) is 19.4 Å². The van der Waals surface area contributed by atoms with Crippen molar-refractivity contribution in [2.75, 3.05) is 19.8 Å². The van der Waals surface area contributed by atoms with Crippen LogP contribution in [0.15, 0.2) is 18.3 Å². The van der Waals surface area contributed by atoms with Crippen molar-refractivity contribution in [3.63, 3.8) is 0 Å². The number of carbonyl (C=O) groups is 1. The lowest BCUT2D eigenvalue weighted by atomic mass is 10.1. The predicted octanol–water partition coefficient (Wildman–Crippen LogP) is 1.46. The van der Waals surface area contributed by atoms with Crippen LogP contribution in [0, 0.1) is 0 Å². The third-order valence-corrected chi connectivity index (χ3v) is 3.36. The van der Waals surface area contributed by atoms with E-state index in [2.05, 4.69) is 15.2 Å². The maximum absolute atomic E-state index is 12.2. The Labute approximate surface area is 124 Å². The van der Waals surface area contributed by atoms with Crippen molar-refractivity contribution in [1.82, 2.24) is 15.2 Å². The summed E-state index contributed by atoms with van der Waals surface area (Å²) in [5.74, 6) is 0.0138. The van der Waals surface area contributed by atoms with Crippen molar-refractivity contribution in [2.24, 2.45) is 0 Å². The third-order valence-electron chi connectivity index (χ3n) is 3.15. The summed E-state index contributed by atoms with van der Waals surface area (Å²) in [5.41, 5.74) is 1.05. The Hall–Kier alpha value is -1.17. The number of nitrogens with zero attached hydrogens (tertiary/aromatic N) is 2. The van der Waals surface area contributed by atoms with E-state index in [4.69, 9.17) is 16.3 Å². The highest BCUT2D eigenvalue weighted by Gasteiger charge is 2.29. The van der Waals surface area contributed by atoms with Crippen molar-refractivity contribution in [3.8, 4) is 0 Å². The summed E-state index contributed by atoms with van der Waals surface area (Å²) in [7, 11) is 0. The van der Waals surface area contributed by atoms with Gasteiger partial charge in [-0.3, -0.25) is 9.69 Å². The molecule has 1 aromatic heterocycles. The van der Waals surface area contributed by atoms with Gasteiger partial charge in [-0.25, -0.2) is 4.98 Å². The van der Waals surface area contributed by atoms with E-state index in [1.165, 1.54) is 0 Å². The van der Waals surface area contributed by atoms with Crippen molar-refractivity contribution in [1.29, 1.82) is 0 Å². The van der Waals surface area contributed by atoms with Gasteiger partial charge in [0.1, 0.15) is 11.2 Å². The number of aromatic nitrogens is 1. The molecule has 0 bridgehead atoms. The molecule has 1 fully saturated rings. The van der Waals surface area contributed by atoms with Gasteiger partial charge in [0.05, 0.1) is 13.2 Å². The van der Waals surface area contributed by atoms with Gasteiger partial charge >= 0.3 is 0 Å². The second kappa shape index (κ2) is 7.02. The van der Waals surface area contributed by atoms with Gasteiger partial charge in [0, 0.05) is 25.3 Å². The van der Waals surface area contributed by atoms with Crippen LogP contribution in [0.2, 0.25) is 5.15 Å². The summed E-state index contributed by atoms with van der Waals surface area (Å²) < 4.78 is 5.44. The Kier molecular flexibility index (Phi) is 5.34. The molecule has 110 valence electrons. The first-order valence-corrected chi connectivity index (χ1v) is 7.16. The standard InChI is InChI=1S/C14H20ClN3O2/c1-10(2)17-14(19)12-9-20-6-5-18(12)8-11-3-4-16-13(15)7-11/h3-4,7,10,12H,5-6,8-9H2,1-2H3,(H,17,19). The Morgan fingerprint density at radius 2 is 2.45 bits per heavy atom. The van der Waals surface area contributed by atoms with Crippen LogP contribution in [0.3, 0.4) is 0 Å². The van der Waals surface area contributed by atoms with E-state index in [0.717, 1.165) is 12.1 Å². The molecule has 2 heterocycles. The summed E-state index contributed by atoms with van der Waals surface area (Å²) in [5, 5.41) is 3.41. The van der Waals surface area contributed by atoms with Gasteiger partial charge in [0.2, 0.25) is 5.91 Å². The summed E-state index contributed by atoms with van der Waals surface area (Å²) in [6, 6.07) is 3.62. The normalized spacial score (nSPS) is 20.1. The summed E-state index contributed by atoms with van der Waals surface area (Å²) >= 11 is 5.90. The lowest BCUT2D eigenvalue weighted by molar-refractivity contribution is -0.133. The molecule has 1 aliphatic rings. The van der Waals surface area contributed by atoms with Gasteiger partial charge in [-0.15, -0.1) is 0 Å². The number of pyridine rings is 1. The molecule has 0 aliphatic carbocycles. The fourth-order valence-corrected chi connectivity index (χ4v) is 2.42. The van der Waals surface area contributed by atoms with Crippen molar-refractivity contribution >= 4 is 17.5 Å². The zero-order valence-electron chi connectivity index (χ0n) is 11.8. The molecule has 0 radical (unpaired) electrons. The Morgan fingerprint density at radius 1 is 1.65 bits per heavy atom. The molecule has 1 saturated heterocycles. The second-order valence-corrected chi connectivity index (χ2v) is 5.60. The molecule has 0 saturated carbocycles. The van der Waals surface area contributed by atoms with Crippen LogP contribution in [0.4, 0.5) is 0 Å². The van der Waals surface area contributed by atoms with Gasteiger partial charge in [0.25, 0.3) is 0 Å². The molecule has 6 heteroatoms. The zero-order chi connectivity index (χ0) is 14.5. The average Bonchev–Trinajstić information content (AvgIpc) is 2.38. The Balaban J connectivity index is 2.05. The number of hydrogen-bond acceptors (Lipinski definition) is 4. The molecule has 1 amide bonds. The molecule has 1 aromatic rings. The number of halogens is 1. The first-order chi connectivity index (χ1) is 9.56. The average molecular weight is 298 g/mol. The van der Waals surface area contributed by atoms with Crippen LogP contribution < -0.4 is 5.32 Å². The van der Waals surface area contributed by atoms with E-state index < -0.39 is 0 Å². The van der Waals surface area contributed by atoms with E-state index in [-0.39, 0.29) is 18.0 Å². The highest BCUT2D eigenvalue weighted by molar-refractivity contribution is 6.29.